The van der Waals surface area contributed by atoms with Crippen molar-refractivity contribution in [2.45, 2.75) is 6.92 Å². The van der Waals surface area contributed by atoms with Crippen molar-refractivity contribution in [2.24, 2.45) is 0 Å². The van der Waals surface area contributed by atoms with Crippen molar-refractivity contribution in [3.8, 4) is 5.75 Å². The van der Waals surface area contributed by atoms with E-state index in [9.17, 15) is 14.4 Å². The second-order valence-electron chi connectivity index (χ2n) is 5.62. The summed E-state index contributed by atoms with van der Waals surface area (Å²) in [6.07, 6.45) is 0. The Morgan fingerprint density at radius 1 is 0.923 bits per heavy atom. The van der Waals surface area contributed by atoms with E-state index in [0.29, 0.717) is 16.9 Å². The van der Waals surface area contributed by atoms with Gasteiger partial charge in [-0.15, -0.1) is 0 Å². The predicted octanol–water partition coefficient (Wildman–Crippen LogP) is 3.15. The molecule has 0 spiro atoms. The standard InChI is InChI=1S/C20H16N2O4/c1-13-7-12-17(19(24)21-13)20(25)26-16-10-8-15(9-11-16)22-18(23)14-5-3-2-4-6-14/h2-12H,1H3,(H,21,24)(H,22,23). The van der Waals surface area contributed by atoms with Crippen LogP contribution in [0.2, 0.25) is 0 Å². The maximum atomic E-state index is 12.1. The maximum Gasteiger partial charge on any atom is 0.349 e. The van der Waals surface area contributed by atoms with Gasteiger partial charge in [0.05, 0.1) is 0 Å². The molecule has 2 aromatic carbocycles. The number of benzene rings is 2. The average Bonchev–Trinajstić information content (AvgIpc) is 2.64. The number of aryl methyl sites for hydroxylation is 1. The molecule has 0 unspecified atom stereocenters. The van der Waals surface area contributed by atoms with Gasteiger partial charge in [-0.1, -0.05) is 18.2 Å². The predicted molar refractivity (Wildman–Crippen MR) is 97.6 cm³/mol. The van der Waals surface area contributed by atoms with Crippen molar-refractivity contribution >= 4 is 17.6 Å². The highest BCUT2D eigenvalue weighted by atomic mass is 16.5. The lowest BCUT2D eigenvalue weighted by Gasteiger charge is -2.07. The number of carbonyl (C=O) groups is 2. The highest BCUT2D eigenvalue weighted by Crippen LogP contribution is 2.17. The molecular weight excluding hydrogens is 332 g/mol. The Bertz CT molecular complexity index is 992. The van der Waals surface area contributed by atoms with Crippen LogP contribution in [0, 0.1) is 6.92 Å². The summed E-state index contributed by atoms with van der Waals surface area (Å²) in [6.45, 7) is 1.72. The Hall–Kier alpha value is -3.67. The topological polar surface area (TPSA) is 88.3 Å². The van der Waals surface area contributed by atoms with Crippen molar-refractivity contribution in [3.05, 3.63) is 93.9 Å². The molecule has 26 heavy (non-hydrogen) atoms. The van der Waals surface area contributed by atoms with E-state index < -0.39 is 11.5 Å². The number of nitrogens with one attached hydrogen (secondary N) is 2. The lowest BCUT2D eigenvalue weighted by molar-refractivity contribution is 0.0732. The van der Waals surface area contributed by atoms with Crippen LogP contribution in [0.5, 0.6) is 5.75 Å². The van der Waals surface area contributed by atoms with Gasteiger partial charge in [0.1, 0.15) is 11.3 Å². The maximum absolute atomic E-state index is 12.1. The fourth-order valence-corrected chi connectivity index (χ4v) is 2.29. The van der Waals surface area contributed by atoms with Gasteiger partial charge in [-0.2, -0.15) is 0 Å². The monoisotopic (exact) mass is 348 g/mol. The highest BCUT2D eigenvalue weighted by Gasteiger charge is 2.13. The van der Waals surface area contributed by atoms with Gasteiger partial charge in [0, 0.05) is 16.9 Å². The largest absolute Gasteiger partial charge is 0.423 e. The van der Waals surface area contributed by atoms with Crippen molar-refractivity contribution in [1.82, 2.24) is 4.98 Å². The highest BCUT2D eigenvalue weighted by molar-refractivity contribution is 6.04. The number of hydrogen-bond acceptors (Lipinski definition) is 4. The van der Waals surface area contributed by atoms with Crippen molar-refractivity contribution in [2.75, 3.05) is 5.32 Å². The Labute approximate surface area is 149 Å². The van der Waals surface area contributed by atoms with Gasteiger partial charge in [-0.3, -0.25) is 9.59 Å². The second kappa shape index (κ2) is 7.48. The molecule has 1 amide bonds. The van der Waals surface area contributed by atoms with Crippen LogP contribution < -0.4 is 15.6 Å². The average molecular weight is 348 g/mol. The Morgan fingerprint density at radius 2 is 1.62 bits per heavy atom. The van der Waals surface area contributed by atoms with Crippen molar-refractivity contribution < 1.29 is 14.3 Å². The number of H-pyrrole nitrogens is 1. The van der Waals surface area contributed by atoms with Gasteiger partial charge in [0.15, 0.2) is 0 Å². The summed E-state index contributed by atoms with van der Waals surface area (Å²) in [5, 5.41) is 2.75. The first-order valence-corrected chi connectivity index (χ1v) is 7.91. The summed E-state index contributed by atoms with van der Waals surface area (Å²) in [7, 11) is 0. The minimum absolute atomic E-state index is 0.0722. The van der Waals surface area contributed by atoms with E-state index in [2.05, 4.69) is 10.3 Å². The molecule has 0 aliphatic heterocycles. The summed E-state index contributed by atoms with van der Waals surface area (Å²) in [4.78, 5) is 38.5. The molecule has 1 aromatic heterocycles. The molecule has 3 rings (SSSR count). The van der Waals surface area contributed by atoms with Gasteiger partial charge in [-0.25, -0.2) is 4.79 Å². The summed E-state index contributed by atoms with van der Waals surface area (Å²) >= 11 is 0. The Balaban J connectivity index is 1.67. The third-order valence-electron chi connectivity index (χ3n) is 3.63. The number of anilines is 1. The Morgan fingerprint density at radius 3 is 2.27 bits per heavy atom. The second-order valence-corrected chi connectivity index (χ2v) is 5.62. The number of aromatic nitrogens is 1. The van der Waals surface area contributed by atoms with Crippen LogP contribution in [0.1, 0.15) is 26.4 Å². The van der Waals surface area contributed by atoms with Crippen LogP contribution in [0.15, 0.2) is 71.5 Å². The third-order valence-corrected chi connectivity index (χ3v) is 3.63. The third kappa shape index (κ3) is 4.05. The molecule has 6 heteroatoms. The van der Waals surface area contributed by atoms with Gasteiger partial charge in [0.2, 0.25) is 0 Å². The first-order chi connectivity index (χ1) is 12.5. The number of pyridine rings is 1. The van der Waals surface area contributed by atoms with Gasteiger partial charge < -0.3 is 15.0 Å². The normalized spacial score (nSPS) is 10.2. The SMILES string of the molecule is Cc1ccc(C(=O)Oc2ccc(NC(=O)c3ccccc3)cc2)c(=O)[nH]1. The minimum Gasteiger partial charge on any atom is -0.423 e. The number of hydrogen-bond donors (Lipinski definition) is 2. The summed E-state index contributed by atoms with van der Waals surface area (Å²) in [5.74, 6) is -0.707. The van der Waals surface area contributed by atoms with Crippen LogP contribution >= 0.6 is 0 Å². The van der Waals surface area contributed by atoms with E-state index in [4.69, 9.17) is 4.74 Å². The molecule has 0 bridgehead atoms. The molecule has 0 fully saturated rings. The summed E-state index contributed by atoms with van der Waals surface area (Å²) in [5.41, 5.74) is 1.19. The van der Waals surface area contributed by atoms with Crippen LogP contribution in [0.4, 0.5) is 5.69 Å². The first kappa shape index (κ1) is 17.2. The molecule has 0 saturated heterocycles. The van der Waals surface area contributed by atoms with Crippen LogP contribution in [-0.2, 0) is 0 Å². The molecule has 2 N–H and O–H groups in total. The Kier molecular flexibility index (Phi) is 4.94. The lowest BCUT2D eigenvalue weighted by atomic mass is 10.2. The van der Waals surface area contributed by atoms with Crippen LogP contribution in [-0.4, -0.2) is 16.9 Å². The molecule has 0 radical (unpaired) electrons. The summed E-state index contributed by atoms with van der Waals surface area (Å²) in [6, 6.07) is 18.2. The van der Waals surface area contributed by atoms with Gasteiger partial charge >= 0.3 is 5.97 Å². The fourth-order valence-electron chi connectivity index (χ4n) is 2.29. The fraction of sp³-hybridized carbons (Fsp3) is 0.0500. The van der Waals surface area contributed by atoms with E-state index in [1.54, 1.807) is 61.5 Å². The minimum atomic E-state index is -0.743. The van der Waals surface area contributed by atoms with E-state index in [-0.39, 0.29) is 17.2 Å². The van der Waals surface area contributed by atoms with Gasteiger partial charge in [0.25, 0.3) is 11.5 Å². The molecule has 0 aliphatic carbocycles. The molecule has 130 valence electrons. The molecular formula is C20H16N2O4. The van der Waals surface area contributed by atoms with E-state index in [1.807, 2.05) is 6.07 Å². The van der Waals surface area contributed by atoms with E-state index in [0.717, 1.165) is 0 Å². The molecule has 0 atom stereocenters. The summed E-state index contributed by atoms with van der Waals surface area (Å²) < 4.78 is 5.19. The van der Waals surface area contributed by atoms with Crippen LogP contribution in [0.25, 0.3) is 0 Å². The molecule has 3 aromatic rings. The molecule has 0 saturated carbocycles. The molecule has 1 heterocycles. The number of rotatable bonds is 4. The zero-order chi connectivity index (χ0) is 18.5. The van der Waals surface area contributed by atoms with E-state index in [1.165, 1.54) is 6.07 Å². The van der Waals surface area contributed by atoms with E-state index >= 15 is 0 Å². The smallest absolute Gasteiger partial charge is 0.349 e. The first-order valence-electron chi connectivity index (χ1n) is 7.91. The van der Waals surface area contributed by atoms with Crippen LogP contribution in [0.3, 0.4) is 0 Å². The van der Waals surface area contributed by atoms with Gasteiger partial charge in [-0.05, 0) is 55.5 Å². The lowest BCUT2D eigenvalue weighted by Crippen LogP contribution is -2.21. The zero-order valence-electron chi connectivity index (χ0n) is 14.0. The number of ether oxygens (including phenoxy) is 1. The quantitative estimate of drug-likeness (QED) is 0.560. The molecule has 0 aliphatic rings. The number of aromatic amines is 1. The number of esters is 1. The van der Waals surface area contributed by atoms with Crippen molar-refractivity contribution in [1.29, 1.82) is 0 Å². The number of carbonyl (C=O) groups excluding carboxylic acids is 2. The zero-order valence-corrected chi connectivity index (χ0v) is 14.0. The number of amides is 1. The van der Waals surface area contributed by atoms with Crippen molar-refractivity contribution in [3.63, 3.8) is 0 Å². The molecule has 6 nitrogen and oxygen atoms in total.